The van der Waals surface area contributed by atoms with Gasteiger partial charge in [-0.2, -0.15) is 0 Å². The van der Waals surface area contributed by atoms with Gasteiger partial charge in [-0.05, 0) is 64.2 Å². The minimum Gasteiger partial charge on any atom is -0.103 e. The van der Waals surface area contributed by atoms with Crippen molar-refractivity contribution >= 4 is 15.9 Å². The molecule has 0 N–H and O–H groups in total. The highest BCUT2D eigenvalue weighted by atomic mass is 79.9. The van der Waals surface area contributed by atoms with Crippen LogP contribution in [0.5, 0.6) is 0 Å². The summed E-state index contributed by atoms with van der Waals surface area (Å²) in [5.74, 6) is 0. The van der Waals surface area contributed by atoms with Crippen LogP contribution < -0.4 is 0 Å². The first-order chi connectivity index (χ1) is 10.9. The SMILES string of the molecule is C=CCC/C=C/CC/C=C/CCC/C=C/CCC/C=C/CBr. The van der Waals surface area contributed by atoms with Gasteiger partial charge in [0.2, 0.25) is 0 Å². The molecule has 0 atom stereocenters. The molecule has 0 aromatic carbocycles. The molecule has 0 aromatic heterocycles. The summed E-state index contributed by atoms with van der Waals surface area (Å²) in [6.07, 6.45) is 32.2. The maximum Gasteiger partial charge on any atom is 0.0212 e. The first kappa shape index (κ1) is 21.2. The summed E-state index contributed by atoms with van der Waals surface area (Å²) in [5.41, 5.74) is 0. The van der Waals surface area contributed by atoms with Crippen LogP contribution in [-0.4, -0.2) is 5.33 Å². The minimum absolute atomic E-state index is 0.974. The van der Waals surface area contributed by atoms with Crippen molar-refractivity contribution in [2.45, 2.75) is 64.2 Å². The zero-order valence-corrected chi connectivity index (χ0v) is 15.6. The van der Waals surface area contributed by atoms with Crippen LogP contribution in [0.2, 0.25) is 0 Å². The largest absolute Gasteiger partial charge is 0.103 e. The van der Waals surface area contributed by atoms with Gasteiger partial charge in [-0.15, -0.1) is 6.58 Å². The van der Waals surface area contributed by atoms with Crippen LogP contribution in [0.25, 0.3) is 0 Å². The van der Waals surface area contributed by atoms with Gasteiger partial charge < -0.3 is 0 Å². The Kier molecular flexibility index (Phi) is 19.4. The van der Waals surface area contributed by atoms with Crippen molar-refractivity contribution in [2.24, 2.45) is 0 Å². The Morgan fingerprint density at radius 3 is 1.27 bits per heavy atom. The molecule has 0 fully saturated rings. The number of alkyl halides is 1. The molecule has 0 aromatic rings. The highest BCUT2D eigenvalue weighted by Gasteiger charge is 1.83. The normalized spacial score (nSPS) is 12.4. The van der Waals surface area contributed by atoms with Crippen LogP contribution in [0.4, 0.5) is 0 Å². The minimum atomic E-state index is 0.974. The van der Waals surface area contributed by atoms with Gasteiger partial charge in [0.15, 0.2) is 0 Å². The molecule has 0 saturated heterocycles. The lowest BCUT2D eigenvalue weighted by Gasteiger charge is -1.93. The maximum atomic E-state index is 3.72. The molecule has 1 heteroatoms. The number of allylic oxidation sites excluding steroid dienone is 9. The van der Waals surface area contributed by atoms with E-state index in [0.717, 1.165) is 24.6 Å². The van der Waals surface area contributed by atoms with Crippen LogP contribution in [-0.2, 0) is 0 Å². The summed E-state index contributed by atoms with van der Waals surface area (Å²) < 4.78 is 0. The van der Waals surface area contributed by atoms with Gasteiger partial charge in [0.05, 0.1) is 0 Å². The van der Waals surface area contributed by atoms with Crippen LogP contribution >= 0.6 is 15.9 Å². The molecule has 0 bridgehead atoms. The summed E-state index contributed by atoms with van der Waals surface area (Å²) in [5, 5.41) is 0.974. The lowest BCUT2D eigenvalue weighted by Crippen LogP contribution is -1.73. The second-order valence-corrected chi connectivity index (χ2v) is 5.99. The number of hydrogen-bond donors (Lipinski definition) is 0. The first-order valence-electron chi connectivity index (χ1n) is 8.68. The topological polar surface area (TPSA) is 0 Å². The van der Waals surface area contributed by atoms with E-state index in [2.05, 4.69) is 71.1 Å². The van der Waals surface area contributed by atoms with E-state index < -0.39 is 0 Å². The molecule has 0 amide bonds. The molecule has 0 aliphatic rings. The van der Waals surface area contributed by atoms with Crippen LogP contribution in [0.15, 0.2) is 61.3 Å². The summed E-state index contributed by atoms with van der Waals surface area (Å²) in [6.45, 7) is 3.72. The highest BCUT2D eigenvalue weighted by Crippen LogP contribution is 2.03. The Bertz CT molecular complexity index is 334. The second kappa shape index (κ2) is 20.2. The van der Waals surface area contributed by atoms with Crippen LogP contribution in [0.3, 0.4) is 0 Å². The molecule has 0 spiro atoms. The van der Waals surface area contributed by atoms with Gasteiger partial charge in [0.25, 0.3) is 0 Å². The molecule has 22 heavy (non-hydrogen) atoms. The summed E-state index contributed by atoms with van der Waals surface area (Å²) in [6, 6.07) is 0. The monoisotopic (exact) mass is 364 g/mol. The van der Waals surface area contributed by atoms with Crippen molar-refractivity contribution in [1.82, 2.24) is 0 Å². The molecule has 124 valence electrons. The Morgan fingerprint density at radius 2 is 0.864 bits per heavy atom. The lowest BCUT2D eigenvalue weighted by atomic mass is 10.1. The fraction of sp³-hybridized carbons (Fsp3) is 0.524. The first-order valence-corrected chi connectivity index (χ1v) is 9.80. The molecule has 0 unspecified atom stereocenters. The van der Waals surface area contributed by atoms with Crippen LogP contribution in [0.1, 0.15) is 64.2 Å². The predicted molar refractivity (Wildman–Crippen MR) is 107 cm³/mol. The maximum absolute atomic E-state index is 3.72. The zero-order chi connectivity index (χ0) is 16.1. The fourth-order valence-electron chi connectivity index (χ4n) is 2.00. The number of unbranched alkanes of at least 4 members (excludes halogenated alkanes) is 6. The van der Waals surface area contributed by atoms with Gasteiger partial charge in [-0.1, -0.05) is 70.6 Å². The highest BCUT2D eigenvalue weighted by molar-refractivity contribution is 9.09. The predicted octanol–water partition coefficient (Wildman–Crippen LogP) is 7.69. The Labute approximate surface area is 146 Å². The Morgan fingerprint density at radius 1 is 0.500 bits per heavy atom. The standard InChI is InChI=1S/C21H33Br/c1-2-3-4-5-6-7-8-9-10-11-12-13-14-15-16-17-18-19-20-21-22/h2,5-6,9-10,14-15,19-20H,1,3-4,7-8,11-13,16-18,21H2/b6-5+,10-9+,15-14+,20-19+. The third kappa shape index (κ3) is 19.2. The molecular weight excluding hydrogens is 332 g/mol. The van der Waals surface area contributed by atoms with E-state index in [1.54, 1.807) is 0 Å². The Hall–Kier alpha value is -0.820. The van der Waals surface area contributed by atoms with Gasteiger partial charge in [0.1, 0.15) is 0 Å². The second-order valence-electron chi connectivity index (χ2n) is 5.35. The van der Waals surface area contributed by atoms with Crippen molar-refractivity contribution < 1.29 is 0 Å². The van der Waals surface area contributed by atoms with Crippen LogP contribution in [0, 0.1) is 0 Å². The fourth-order valence-corrected chi connectivity index (χ4v) is 2.27. The molecule has 0 radical (unpaired) electrons. The van der Waals surface area contributed by atoms with Crippen molar-refractivity contribution in [3.63, 3.8) is 0 Å². The van der Waals surface area contributed by atoms with Crippen molar-refractivity contribution in [2.75, 3.05) is 5.33 Å². The van der Waals surface area contributed by atoms with Gasteiger partial charge in [-0.3, -0.25) is 0 Å². The van der Waals surface area contributed by atoms with Crippen molar-refractivity contribution in [3.05, 3.63) is 61.3 Å². The average Bonchev–Trinajstić information content (AvgIpc) is 2.54. The van der Waals surface area contributed by atoms with E-state index in [1.807, 2.05) is 6.08 Å². The smallest absolute Gasteiger partial charge is 0.0212 e. The molecule has 0 nitrogen and oxygen atoms in total. The van der Waals surface area contributed by atoms with E-state index >= 15 is 0 Å². The molecule has 0 rings (SSSR count). The van der Waals surface area contributed by atoms with E-state index in [1.165, 1.54) is 44.9 Å². The lowest BCUT2D eigenvalue weighted by molar-refractivity contribution is 0.838. The summed E-state index contributed by atoms with van der Waals surface area (Å²) in [7, 11) is 0. The zero-order valence-electron chi connectivity index (χ0n) is 14.1. The van der Waals surface area contributed by atoms with E-state index in [9.17, 15) is 0 Å². The molecule has 0 aliphatic heterocycles. The number of hydrogen-bond acceptors (Lipinski definition) is 0. The molecule has 0 saturated carbocycles. The quantitative estimate of drug-likeness (QED) is 0.158. The van der Waals surface area contributed by atoms with Gasteiger partial charge in [-0.25, -0.2) is 0 Å². The van der Waals surface area contributed by atoms with E-state index in [-0.39, 0.29) is 0 Å². The molecule has 0 heterocycles. The Balaban J connectivity index is 3.27. The third-order valence-electron chi connectivity index (χ3n) is 3.28. The van der Waals surface area contributed by atoms with Gasteiger partial charge >= 0.3 is 0 Å². The van der Waals surface area contributed by atoms with E-state index in [0.29, 0.717) is 0 Å². The van der Waals surface area contributed by atoms with E-state index in [4.69, 9.17) is 0 Å². The van der Waals surface area contributed by atoms with Crippen molar-refractivity contribution in [1.29, 1.82) is 0 Å². The molecule has 0 aliphatic carbocycles. The average molecular weight is 365 g/mol. The van der Waals surface area contributed by atoms with Crippen molar-refractivity contribution in [3.8, 4) is 0 Å². The van der Waals surface area contributed by atoms with Gasteiger partial charge in [0, 0.05) is 5.33 Å². The summed E-state index contributed by atoms with van der Waals surface area (Å²) in [4.78, 5) is 0. The third-order valence-corrected chi connectivity index (χ3v) is 3.65. The number of halogens is 1. The molecular formula is C21H33Br. The summed E-state index contributed by atoms with van der Waals surface area (Å²) >= 11 is 3.39. The number of rotatable bonds is 15.